The molecule has 1 aromatic heterocycles. The van der Waals surface area contributed by atoms with E-state index >= 15 is 0 Å². The SMILES string of the molecule is c1ccc(-n2c3cc(-c4ccc(N(c5ccc(-c6cccc7ccccc67)cc5)c5ccc6ccc7ccccc7c6c5)cc4)ccc3c3ccc4ccccc4c32)cc1. The number of hydrogen-bond donors (Lipinski definition) is 0. The van der Waals surface area contributed by atoms with E-state index in [9.17, 15) is 0 Å². The van der Waals surface area contributed by atoms with Crippen LogP contribution in [0.3, 0.4) is 0 Å². The fourth-order valence-electron chi connectivity index (χ4n) is 9.45. The van der Waals surface area contributed by atoms with Gasteiger partial charge in [0, 0.05) is 38.9 Å². The maximum atomic E-state index is 2.44. The molecule has 0 unspecified atom stereocenters. The molecule has 12 aromatic rings. The molecular formula is C58H38N2. The predicted molar refractivity (Wildman–Crippen MR) is 256 cm³/mol. The molecule has 0 atom stereocenters. The predicted octanol–water partition coefficient (Wildman–Crippen LogP) is 16.2. The lowest BCUT2D eigenvalue weighted by molar-refractivity contribution is 1.19. The average Bonchev–Trinajstić information content (AvgIpc) is 3.66. The number of nitrogens with zero attached hydrogens (tertiary/aromatic N) is 2. The highest BCUT2D eigenvalue weighted by molar-refractivity contribution is 6.19. The largest absolute Gasteiger partial charge is 0.310 e. The first-order valence-electron chi connectivity index (χ1n) is 20.7. The Morgan fingerprint density at radius 3 is 1.55 bits per heavy atom. The van der Waals surface area contributed by atoms with Crippen LogP contribution >= 0.6 is 0 Å². The van der Waals surface area contributed by atoms with Crippen LogP contribution in [0.15, 0.2) is 231 Å². The Bertz CT molecular complexity index is 3580. The Morgan fingerprint density at radius 2 is 0.800 bits per heavy atom. The molecule has 0 spiro atoms. The molecule has 280 valence electrons. The highest BCUT2D eigenvalue weighted by atomic mass is 15.1. The van der Waals surface area contributed by atoms with Gasteiger partial charge in [0.25, 0.3) is 0 Å². The third kappa shape index (κ3) is 5.57. The van der Waals surface area contributed by atoms with Gasteiger partial charge in [0.15, 0.2) is 0 Å². The molecule has 0 radical (unpaired) electrons. The molecule has 0 fully saturated rings. The van der Waals surface area contributed by atoms with Gasteiger partial charge in [-0.3, -0.25) is 0 Å². The van der Waals surface area contributed by atoms with Crippen molar-refractivity contribution in [3.05, 3.63) is 231 Å². The quantitative estimate of drug-likeness (QED) is 0.153. The fourth-order valence-corrected chi connectivity index (χ4v) is 9.45. The van der Waals surface area contributed by atoms with Crippen LogP contribution in [0.5, 0.6) is 0 Å². The highest BCUT2D eigenvalue weighted by Crippen LogP contribution is 2.42. The third-order valence-electron chi connectivity index (χ3n) is 12.3. The van der Waals surface area contributed by atoms with E-state index < -0.39 is 0 Å². The van der Waals surface area contributed by atoms with Gasteiger partial charge >= 0.3 is 0 Å². The Balaban J connectivity index is 0.993. The zero-order valence-corrected chi connectivity index (χ0v) is 32.8. The van der Waals surface area contributed by atoms with Gasteiger partial charge in [-0.1, -0.05) is 176 Å². The Morgan fingerprint density at radius 1 is 0.283 bits per heavy atom. The van der Waals surface area contributed by atoms with Gasteiger partial charge in [-0.2, -0.15) is 0 Å². The second-order valence-corrected chi connectivity index (χ2v) is 15.7. The molecule has 60 heavy (non-hydrogen) atoms. The summed E-state index contributed by atoms with van der Waals surface area (Å²) in [4.78, 5) is 2.39. The monoisotopic (exact) mass is 762 g/mol. The summed E-state index contributed by atoms with van der Waals surface area (Å²) in [5.74, 6) is 0. The first kappa shape index (κ1) is 34.1. The average molecular weight is 763 g/mol. The van der Waals surface area contributed by atoms with Crippen LogP contribution in [0.25, 0.3) is 92.8 Å². The molecule has 0 saturated heterocycles. The normalized spacial score (nSPS) is 11.7. The standard InChI is InChI=1S/C58H38N2/c1-2-15-46(16-3-1)60-57-37-45(29-35-54(57)55-36-28-42-13-6-9-19-53(42)58(55)60)39-23-30-47(31-24-39)59(49-34-27-44-22-21-41-12-5-8-18-52(41)56(44)38-49)48-32-25-43(26-33-48)51-20-10-14-40-11-4-7-17-50(40)51/h1-38H. The number of fused-ring (bicyclic) bond motifs is 9. The smallest absolute Gasteiger partial charge is 0.0619 e. The zero-order chi connectivity index (χ0) is 39.6. The van der Waals surface area contributed by atoms with E-state index in [1.54, 1.807) is 0 Å². The van der Waals surface area contributed by atoms with Crippen molar-refractivity contribution in [2.45, 2.75) is 0 Å². The molecule has 11 aromatic carbocycles. The second kappa shape index (κ2) is 13.9. The number of para-hydroxylation sites is 1. The maximum Gasteiger partial charge on any atom is 0.0619 e. The summed E-state index contributed by atoms with van der Waals surface area (Å²) in [6.07, 6.45) is 0. The molecule has 0 bridgehead atoms. The van der Waals surface area contributed by atoms with Crippen molar-refractivity contribution in [1.29, 1.82) is 0 Å². The lowest BCUT2D eigenvalue weighted by Gasteiger charge is -2.26. The maximum absolute atomic E-state index is 2.44. The molecule has 0 amide bonds. The Kier molecular flexibility index (Phi) is 7.89. The first-order valence-corrected chi connectivity index (χ1v) is 20.7. The molecule has 0 saturated carbocycles. The number of anilines is 3. The topological polar surface area (TPSA) is 8.17 Å². The molecule has 0 N–H and O–H groups in total. The van der Waals surface area contributed by atoms with E-state index in [1.165, 1.54) is 87.1 Å². The van der Waals surface area contributed by atoms with Crippen LogP contribution in [-0.2, 0) is 0 Å². The molecule has 2 nitrogen and oxygen atoms in total. The van der Waals surface area contributed by atoms with Gasteiger partial charge in [-0.05, 0) is 115 Å². The third-order valence-corrected chi connectivity index (χ3v) is 12.3. The zero-order valence-electron chi connectivity index (χ0n) is 32.8. The molecule has 0 aliphatic carbocycles. The molecular weight excluding hydrogens is 725 g/mol. The molecule has 0 aliphatic heterocycles. The van der Waals surface area contributed by atoms with E-state index in [4.69, 9.17) is 0 Å². The summed E-state index contributed by atoms with van der Waals surface area (Å²) in [7, 11) is 0. The number of hydrogen-bond acceptors (Lipinski definition) is 1. The van der Waals surface area contributed by atoms with Crippen molar-refractivity contribution in [3.63, 3.8) is 0 Å². The minimum atomic E-state index is 1.10. The van der Waals surface area contributed by atoms with Crippen LogP contribution in [0.2, 0.25) is 0 Å². The van der Waals surface area contributed by atoms with Crippen LogP contribution in [0, 0.1) is 0 Å². The molecule has 1 heterocycles. The van der Waals surface area contributed by atoms with Gasteiger partial charge in [-0.15, -0.1) is 0 Å². The van der Waals surface area contributed by atoms with E-state index in [0.717, 1.165) is 22.7 Å². The number of aromatic nitrogens is 1. The van der Waals surface area contributed by atoms with Gasteiger partial charge in [0.2, 0.25) is 0 Å². The van der Waals surface area contributed by atoms with Gasteiger partial charge in [-0.25, -0.2) is 0 Å². The van der Waals surface area contributed by atoms with E-state index in [0.29, 0.717) is 0 Å². The van der Waals surface area contributed by atoms with Crippen molar-refractivity contribution in [2.75, 3.05) is 4.90 Å². The summed E-state index contributed by atoms with van der Waals surface area (Å²) in [6.45, 7) is 0. The summed E-state index contributed by atoms with van der Waals surface area (Å²) < 4.78 is 2.44. The van der Waals surface area contributed by atoms with E-state index in [-0.39, 0.29) is 0 Å². The van der Waals surface area contributed by atoms with Crippen molar-refractivity contribution in [1.82, 2.24) is 4.57 Å². The lowest BCUT2D eigenvalue weighted by atomic mass is 9.97. The van der Waals surface area contributed by atoms with Crippen LogP contribution in [0.1, 0.15) is 0 Å². The van der Waals surface area contributed by atoms with Crippen molar-refractivity contribution >= 4 is 82.0 Å². The number of benzene rings is 11. The molecule has 2 heteroatoms. The van der Waals surface area contributed by atoms with Crippen molar-refractivity contribution in [2.24, 2.45) is 0 Å². The van der Waals surface area contributed by atoms with Crippen LogP contribution in [0.4, 0.5) is 17.1 Å². The van der Waals surface area contributed by atoms with Crippen molar-refractivity contribution < 1.29 is 0 Å². The van der Waals surface area contributed by atoms with Gasteiger partial charge in [0.1, 0.15) is 0 Å². The first-order chi connectivity index (χ1) is 29.7. The van der Waals surface area contributed by atoms with E-state index in [1.807, 2.05) is 0 Å². The highest BCUT2D eigenvalue weighted by Gasteiger charge is 2.18. The summed E-state index contributed by atoms with van der Waals surface area (Å²) in [6, 6.07) is 84.3. The summed E-state index contributed by atoms with van der Waals surface area (Å²) in [5, 5.41) is 12.5. The summed E-state index contributed by atoms with van der Waals surface area (Å²) in [5.41, 5.74) is 11.7. The lowest BCUT2D eigenvalue weighted by Crippen LogP contribution is -2.10. The second-order valence-electron chi connectivity index (χ2n) is 15.7. The molecule has 12 rings (SSSR count). The van der Waals surface area contributed by atoms with Gasteiger partial charge < -0.3 is 9.47 Å². The fraction of sp³-hybridized carbons (Fsp3) is 0. The van der Waals surface area contributed by atoms with Crippen LogP contribution < -0.4 is 4.90 Å². The Labute approximate surface area is 348 Å². The van der Waals surface area contributed by atoms with Gasteiger partial charge in [0.05, 0.1) is 11.0 Å². The number of rotatable bonds is 6. The van der Waals surface area contributed by atoms with E-state index in [2.05, 4.69) is 240 Å². The minimum Gasteiger partial charge on any atom is -0.310 e. The Hall–Kier alpha value is -7.94. The summed E-state index contributed by atoms with van der Waals surface area (Å²) >= 11 is 0. The van der Waals surface area contributed by atoms with Crippen LogP contribution in [-0.4, -0.2) is 4.57 Å². The minimum absolute atomic E-state index is 1.10. The molecule has 0 aliphatic rings. The van der Waals surface area contributed by atoms with Crippen molar-refractivity contribution in [3.8, 4) is 27.9 Å².